The third-order valence-corrected chi connectivity index (χ3v) is 4.97. The molecule has 1 amide bonds. The Balaban J connectivity index is 1.71. The third-order valence-electron chi connectivity index (χ3n) is 4.97. The number of nitriles is 1. The first kappa shape index (κ1) is 22.0. The van der Waals surface area contributed by atoms with Crippen LogP contribution < -0.4 is 14.4 Å². The quantitative estimate of drug-likeness (QED) is 0.370. The van der Waals surface area contributed by atoms with E-state index in [0.29, 0.717) is 43.4 Å². The van der Waals surface area contributed by atoms with E-state index in [4.69, 9.17) is 9.47 Å². The van der Waals surface area contributed by atoms with Crippen molar-refractivity contribution in [1.29, 1.82) is 5.26 Å². The highest BCUT2D eigenvalue weighted by atomic mass is 16.5. The minimum Gasteiger partial charge on any atom is -0.490 e. The lowest BCUT2D eigenvalue weighted by Gasteiger charge is -2.36. The van der Waals surface area contributed by atoms with Crippen LogP contribution in [0.5, 0.6) is 11.5 Å². The van der Waals surface area contributed by atoms with Gasteiger partial charge in [0.25, 0.3) is 5.91 Å². The van der Waals surface area contributed by atoms with E-state index >= 15 is 0 Å². The highest BCUT2D eigenvalue weighted by Crippen LogP contribution is 2.29. The second kappa shape index (κ2) is 10.9. The molecule has 1 saturated heterocycles. The summed E-state index contributed by atoms with van der Waals surface area (Å²) in [5.74, 6) is 0.917. The molecule has 3 rings (SSSR count). The van der Waals surface area contributed by atoms with Crippen LogP contribution in [0.2, 0.25) is 0 Å². The summed E-state index contributed by atoms with van der Waals surface area (Å²) in [6.07, 6.45) is 3.26. The number of anilines is 1. The van der Waals surface area contributed by atoms with E-state index in [1.165, 1.54) is 0 Å². The van der Waals surface area contributed by atoms with Gasteiger partial charge >= 0.3 is 0 Å². The lowest BCUT2D eigenvalue weighted by atomic mass is 10.1. The molecule has 0 aliphatic carbocycles. The molecule has 0 radical (unpaired) electrons. The fourth-order valence-electron chi connectivity index (χ4n) is 3.44. The number of para-hydroxylation sites is 1. The SMILES string of the molecule is C=CCOc1ccc(/C=C(/C#N)C(=O)N2CCN(c3ccccc3)CC2)cc1OCC. The molecule has 1 fully saturated rings. The molecule has 2 aromatic carbocycles. The molecule has 0 unspecified atom stereocenters. The lowest BCUT2D eigenvalue weighted by molar-refractivity contribution is -0.126. The first-order chi connectivity index (χ1) is 15.2. The van der Waals surface area contributed by atoms with E-state index in [1.807, 2.05) is 25.1 Å². The molecule has 6 heteroatoms. The number of ether oxygens (including phenoxy) is 2. The highest BCUT2D eigenvalue weighted by Gasteiger charge is 2.24. The summed E-state index contributed by atoms with van der Waals surface area (Å²) in [6.45, 7) is 9.00. The maximum Gasteiger partial charge on any atom is 0.264 e. The van der Waals surface area contributed by atoms with E-state index in [-0.39, 0.29) is 11.5 Å². The van der Waals surface area contributed by atoms with Gasteiger partial charge in [0.2, 0.25) is 0 Å². The molecule has 1 aliphatic heterocycles. The number of carbonyl (C=O) groups is 1. The molecule has 0 N–H and O–H groups in total. The van der Waals surface area contributed by atoms with Crippen LogP contribution in [0.1, 0.15) is 12.5 Å². The van der Waals surface area contributed by atoms with Crippen molar-refractivity contribution in [2.24, 2.45) is 0 Å². The van der Waals surface area contributed by atoms with Crippen LogP contribution in [0, 0.1) is 11.3 Å². The summed E-state index contributed by atoms with van der Waals surface area (Å²) in [5.41, 5.74) is 1.96. The van der Waals surface area contributed by atoms with Gasteiger partial charge in [-0.25, -0.2) is 0 Å². The topological polar surface area (TPSA) is 65.8 Å². The van der Waals surface area contributed by atoms with Gasteiger partial charge in [0.1, 0.15) is 18.2 Å². The normalized spacial score (nSPS) is 14.0. The maximum absolute atomic E-state index is 12.9. The largest absolute Gasteiger partial charge is 0.490 e. The van der Waals surface area contributed by atoms with Crippen molar-refractivity contribution in [1.82, 2.24) is 4.90 Å². The third kappa shape index (κ3) is 5.67. The number of benzene rings is 2. The van der Waals surface area contributed by atoms with Crippen LogP contribution in [0.25, 0.3) is 6.08 Å². The number of hydrogen-bond acceptors (Lipinski definition) is 5. The molecule has 6 nitrogen and oxygen atoms in total. The Labute approximate surface area is 183 Å². The van der Waals surface area contributed by atoms with Gasteiger partial charge in [-0.1, -0.05) is 36.9 Å². The molecule has 0 aromatic heterocycles. The van der Waals surface area contributed by atoms with Crippen LogP contribution in [0.3, 0.4) is 0 Å². The fourth-order valence-corrected chi connectivity index (χ4v) is 3.44. The molecule has 31 heavy (non-hydrogen) atoms. The molecular weight excluding hydrogens is 390 g/mol. The lowest BCUT2D eigenvalue weighted by Crippen LogP contribution is -2.49. The monoisotopic (exact) mass is 417 g/mol. The van der Waals surface area contributed by atoms with Gasteiger partial charge in [0.15, 0.2) is 11.5 Å². The Morgan fingerprint density at radius 2 is 1.84 bits per heavy atom. The molecule has 0 bridgehead atoms. The Morgan fingerprint density at radius 3 is 2.48 bits per heavy atom. The minimum absolute atomic E-state index is 0.107. The van der Waals surface area contributed by atoms with Crippen molar-refractivity contribution in [3.05, 3.63) is 72.3 Å². The van der Waals surface area contributed by atoms with Crippen molar-refractivity contribution < 1.29 is 14.3 Å². The Kier molecular flexibility index (Phi) is 7.72. The van der Waals surface area contributed by atoms with E-state index in [1.54, 1.807) is 35.3 Å². The Hall–Kier alpha value is -3.72. The summed E-state index contributed by atoms with van der Waals surface area (Å²) >= 11 is 0. The van der Waals surface area contributed by atoms with Crippen LogP contribution in [-0.2, 0) is 4.79 Å². The van der Waals surface area contributed by atoms with Gasteiger partial charge in [-0.05, 0) is 42.8 Å². The number of amides is 1. The number of piperazine rings is 1. The molecular formula is C25H27N3O3. The van der Waals surface area contributed by atoms with Gasteiger partial charge in [-0.15, -0.1) is 0 Å². The second-order valence-electron chi connectivity index (χ2n) is 7.02. The summed E-state index contributed by atoms with van der Waals surface area (Å²) in [4.78, 5) is 16.9. The Bertz CT molecular complexity index is 971. The number of nitrogens with zero attached hydrogens (tertiary/aromatic N) is 3. The standard InChI is InChI=1S/C25H27N3O3/c1-3-16-31-23-11-10-20(18-24(23)30-4-2)17-21(19-26)25(29)28-14-12-27(13-15-28)22-8-6-5-7-9-22/h3,5-11,17-18H,1,4,12-16H2,2H3/b21-17-. The van der Waals surface area contributed by atoms with E-state index in [9.17, 15) is 10.1 Å². The van der Waals surface area contributed by atoms with Crippen molar-refractivity contribution in [3.8, 4) is 17.6 Å². The van der Waals surface area contributed by atoms with Crippen molar-refractivity contribution in [2.75, 3.05) is 44.3 Å². The van der Waals surface area contributed by atoms with Gasteiger partial charge < -0.3 is 19.3 Å². The van der Waals surface area contributed by atoms with Gasteiger partial charge in [-0.3, -0.25) is 4.79 Å². The zero-order chi connectivity index (χ0) is 22.1. The highest BCUT2D eigenvalue weighted by molar-refractivity contribution is 6.01. The first-order valence-corrected chi connectivity index (χ1v) is 10.4. The van der Waals surface area contributed by atoms with Gasteiger partial charge in [0.05, 0.1) is 6.61 Å². The van der Waals surface area contributed by atoms with Crippen LogP contribution in [-0.4, -0.2) is 50.2 Å². The first-order valence-electron chi connectivity index (χ1n) is 10.4. The predicted molar refractivity (Wildman–Crippen MR) is 122 cm³/mol. The fraction of sp³-hybridized carbons (Fsp3) is 0.280. The summed E-state index contributed by atoms with van der Waals surface area (Å²) in [5, 5.41) is 9.62. The predicted octanol–water partition coefficient (Wildman–Crippen LogP) is 3.91. The number of rotatable bonds is 8. The van der Waals surface area contributed by atoms with E-state index in [2.05, 4.69) is 29.7 Å². The van der Waals surface area contributed by atoms with Gasteiger partial charge in [-0.2, -0.15) is 5.26 Å². The molecule has 160 valence electrons. The summed E-state index contributed by atoms with van der Waals surface area (Å²) in [7, 11) is 0. The smallest absolute Gasteiger partial charge is 0.264 e. The Morgan fingerprint density at radius 1 is 1.10 bits per heavy atom. The summed E-state index contributed by atoms with van der Waals surface area (Å²) in [6, 6.07) is 17.6. The van der Waals surface area contributed by atoms with Crippen molar-refractivity contribution in [3.63, 3.8) is 0 Å². The molecule has 0 atom stereocenters. The molecule has 0 spiro atoms. The maximum atomic E-state index is 12.9. The van der Waals surface area contributed by atoms with E-state index in [0.717, 1.165) is 18.8 Å². The zero-order valence-corrected chi connectivity index (χ0v) is 17.8. The summed E-state index contributed by atoms with van der Waals surface area (Å²) < 4.78 is 11.3. The molecule has 0 saturated carbocycles. The van der Waals surface area contributed by atoms with Crippen molar-refractivity contribution in [2.45, 2.75) is 6.92 Å². The van der Waals surface area contributed by atoms with Crippen LogP contribution in [0.4, 0.5) is 5.69 Å². The molecule has 1 aliphatic rings. The number of carbonyl (C=O) groups excluding carboxylic acids is 1. The van der Waals surface area contributed by atoms with Crippen molar-refractivity contribution >= 4 is 17.7 Å². The van der Waals surface area contributed by atoms with E-state index < -0.39 is 0 Å². The van der Waals surface area contributed by atoms with Gasteiger partial charge in [0, 0.05) is 31.9 Å². The van der Waals surface area contributed by atoms with Crippen LogP contribution in [0.15, 0.2) is 66.8 Å². The molecule has 1 heterocycles. The minimum atomic E-state index is -0.250. The second-order valence-corrected chi connectivity index (χ2v) is 7.02. The average Bonchev–Trinajstić information content (AvgIpc) is 2.82. The zero-order valence-electron chi connectivity index (χ0n) is 17.8. The van der Waals surface area contributed by atoms with Crippen LogP contribution >= 0.6 is 0 Å². The average molecular weight is 418 g/mol. The number of hydrogen-bond donors (Lipinski definition) is 0. The molecule has 2 aromatic rings.